The van der Waals surface area contributed by atoms with Crippen LogP contribution >= 0.6 is 24.0 Å². The number of nitrogens with zero attached hydrogens (tertiary/aromatic N) is 2. The lowest BCUT2D eigenvalue weighted by Gasteiger charge is -2.26. The highest BCUT2D eigenvalue weighted by Crippen LogP contribution is 2.27. The summed E-state index contributed by atoms with van der Waals surface area (Å²) in [6, 6.07) is 0. The van der Waals surface area contributed by atoms with Crippen LogP contribution in [-0.2, 0) is 9.53 Å². The average Bonchev–Trinajstić information content (AvgIpc) is 3.16. The normalized spacial score (nSPS) is 18.8. The minimum absolute atomic E-state index is 0. The summed E-state index contributed by atoms with van der Waals surface area (Å²) in [5, 5.41) is 9.57. The third kappa shape index (κ3) is 11.1. The van der Waals surface area contributed by atoms with Gasteiger partial charge in [-0.05, 0) is 32.1 Å². The molecule has 0 atom stereocenters. The second-order valence-corrected chi connectivity index (χ2v) is 7.20. The molecule has 0 spiro atoms. The number of rotatable bonds is 10. The molecule has 2 fully saturated rings. The number of ether oxygens (including phenoxy) is 1. The predicted molar refractivity (Wildman–Crippen MR) is 121 cm³/mol. The van der Waals surface area contributed by atoms with Gasteiger partial charge in [-0.1, -0.05) is 12.8 Å². The van der Waals surface area contributed by atoms with Crippen LogP contribution < -0.4 is 16.0 Å². The summed E-state index contributed by atoms with van der Waals surface area (Å²) in [5.41, 5.74) is 0. The molecule has 2 aliphatic rings. The highest BCUT2D eigenvalue weighted by molar-refractivity contribution is 14.0. The summed E-state index contributed by atoms with van der Waals surface area (Å²) in [6.07, 6.45) is 6.74. The predicted octanol–water partition coefficient (Wildman–Crippen LogP) is 1.58. The Morgan fingerprint density at radius 1 is 1.11 bits per heavy atom. The van der Waals surface area contributed by atoms with Gasteiger partial charge in [-0.3, -0.25) is 14.7 Å². The van der Waals surface area contributed by atoms with E-state index in [4.69, 9.17) is 4.74 Å². The van der Waals surface area contributed by atoms with Gasteiger partial charge in [-0.2, -0.15) is 0 Å². The van der Waals surface area contributed by atoms with E-state index in [1.54, 1.807) is 0 Å². The Morgan fingerprint density at radius 2 is 1.81 bits per heavy atom. The van der Waals surface area contributed by atoms with Crippen molar-refractivity contribution in [3.05, 3.63) is 0 Å². The fourth-order valence-electron chi connectivity index (χ4n) is 3.58. The molecule has 8 heteroatoms. The summed E-state index contributed by atoms with van der Waals surface area (Å²) in [4.78, 5) is 19.0. The van der Waals surface area contributed by atoms with Crippen LogP contribution in [0.5, 0.6) is 0 Å². The second-order valence-electron chi connectivity index (χ2n) is 7.20. The molecule has 158 valence electrons. The Hall–Kier alpha value is -0.610. The number of carbonyl (C=O) groups excluding carboxylic acids is 1. The number of aliphatic imine (C=N–C) groups is 1. The molecular formula is C19H38IN5O2. The Balaban J connectivity index is 0.00000364. The number of carbonyl (C=O) groups is 1. The van der Waals surface area contributed by atoms with Crippen LogP contribution in [0.15, 0.2) is 4.99 Å². The van der Waals surface area contributed by atoms with Crippen molar-refractivity contribution < 1.29 is 9.53 Å². The van der Waals surface area contributed by atoms with E-state index in [2.05, 4.69) is 32.8 Å². The first kappa shape index (κ1) is 24.4. The van der Waals surface area contributed by atoms with E-state index >= 15 is 0 Å². The summed E-state index contributed by atoms with van der Waals surface area (Å²) in [5.74, 6) is 1.62. The van der Waals surface area contributed by atoms with Crippen LogP contribution in [0.4, 0.5) is 0 Å². The van der Waals surface area contributed by atoms with Crippen molar-refractivity contribution in [1.82, 2.24) is 20.9 Å². The second kappa shape index (κ2) is 15.3. The third-order valence-electron chi connectivity index (χ3n) is 5.04. The van der Waals surface area contributed by atoms with Gasteiger partial charge in [0.15, 0.2) is 5.96 Å². The van der Waals surface area contributed by atoms with Crippen molar-refractivity contribution in [2.75, 3.05) is 59.0 Å². The monoisotopic (exact) mass is 495 g/mol. The Labute approximate surface area is 181 Å². The molecule has 27 heavy (non-hydrogen) atoms. The molecular weight excluding hydrogens is 457 g/mol. The summed E-state index contributed by atoms with van der Waals surface area (Å²) in [7, 11) is 0. The summed E-state index contributed by atoms with van der Waals surface area (Å²) < 4.78 is 5.37. The SMILES string of the molecule is CCNC(=NCCCN1CCOCC1)NCCNC(=O)CC1CCCC1.I. The first-order chi connectivity index (χ1) is 12.8. The first-order valence-electron chi connectivity index (χ1n) is 10.4. The minimum atomic E-state index is 0. The Kier molecular flexibility index (Phi) is 13.9. The van der Waals surface area contributed by atoms with Gasteiger partial charge < -0.3 is 20.7 Å². The highest BCUT2D eigenvalue weighted by Gasteiger charge is 2.17. The zero-order chi connectivity index (χ0) is 18.5. The van der Waals surface area contributed by atoms with E-state index in [0.29, 0.717) is 25.4 Å². The Bertz CT molecular complexity index is 424. The molecule has 1 amide bonds. The molecule has 7 nitrogen and oxygen atoms in total. The molecule has 0 aromatic carbocycles. The number of hydrogen-bond donors (Lipinski definition) is 3. The molecule has 1 saturated heterocycles. The maximum atomic E-state index is 11.9. The van der Waals surface area contributed by atoms with Crippen LogP contribution in [0.2, 0.25) is 0 Å². The fraction of sp³-hybridized carbons (Fsp3) is 0.895. The van der Waals surface area contributed by atoms with Gasteiger partial charge in [0.1, 0.15) is 0 Å². The number of amides is 1. The molecule has 0 unspecified atom stereocenters. The van der Waals surface area contributed by atoms with Crippen molar-refractivity contribution in [2.45, 2.75) is 45.4 Å². The largest absolute Gasteiger partial charge is 0.379 e. The molecule has 0 radical (unpaired) electrons. The maximum Gasteiger partial charge on any atom is 0.220 e. The minimum Gasteiger partial charge on any atom is -0.379 e. The van der Waals surface area contributed by atoms with Crippen LogP contribution in [0.1, 0.15) is 45.4 Å². The number of guanidine groups is 1. The van der Waals surface area contributed by atoms with Crippen molar-refractivity contribution in [2.24, 2.45) is 10.9 Å². The number of halogens is 1. The Morgan fingerprint density at radius 3 is 2.52 bits per heavy atom. The first-order valence-corrected chi connectivity index (χ1v) is 10.4. The number of hydrogen-bond acceptors (Lipinski definition) is 4. The van der Waals surface area contributed by atoms with Gasteiger partial charge in [0.2, 0.25) is 5.91 Å². The van der Waals surface area contributed by atoms with Crippen LogP contribution in [0.25, 0.3) is 0 Å². The molecule has 1 aliphatic heterocycles. The number of nitrogens with one attached hydrogen (secondary N) is 3. The quantitative estimate of drug-likeness (QED) is 0.186. The lowest BCUT2D eigenvalue weighted by Crippen LogP contribution is -2.42. The van der Waals surface area contributed by atoms with E-state index in [0.717, 1.165) is 58.3 Å². The topological polar surface area (TPSA) is 78.0 Å². The van der Waals surface area contributed by atoms with Crippen LogP contribution in [-0.4, -0.2) is 75.8 Å². The molecule has 3 N–H and O–H groups in total. The van der Waals surface area contributed by atoms with Crippen molar-refractivity contribution in [1.29, 1.82) is 0 Å². The van der Waals surface area contributed by atoms with Gasteiger partial charge in [0.05, 0.1) is 13.2 Å². The van der Waals surface area contributed by atoms with Crippen molar-refractivity contribution in [3.8, 4) is 0 Å². The van der Waals surface area contributed by atoms with Crippen LogP contribution in [0, 0.1) is 5.92 Å². The van der Waals surface area contributed by atoms with E-state index in [-0.39, 0.29) is 29.9 Å². The fourth-order valence-corrected chi connectivity index (χ4v) is 3.58. The zero-order valence-corrected chi connectivity index (χ0v) is 19.1. The molecule has 1 heterocycles. The van der Waals surface area contributed by atoms with Gasteiger partial charge in [-0.15, -0.1) is 24.0 Å². The van der Waals surface area contributed by atoms with Crippen LogP contribution in [0.3, 0.4) is 0 Å². The zero-order valence-electron chi connectivity index (χ0n) is 16.8. The van der Waals surface area contributed by atoms with Crippen molar-refractivity contribution >= 4 is 35.8 Å². The lowest BCUT2D eigenvalue weighted by atomic mass is 10.0. The van der Waals surface area contributed by atoms with E-state index in [1.165, 1.54) is 25.7 Å². The summed E-state index contributed by atoms with van der Waals surface area (Å²) >= 11 is 0. The molecule has 1 aliphatic carbocycles. The van der Waals surface area contributed by atoms with Gasteiger partial charge in [0, 0.05) is 52.2 Å². The standard InChI is InChI=1S/C19H37N5O2.HI/c1-2-20-19(22-8-5-11-24-12-14-26-15-13-24)23-10-9-21-18(25)16-17-6-3-4-7-17;/h17H,2-16H2,1H3,(H,21,25)(H2,20,22,23);1H. The highest BCUT2D eigenvalue weighted by atomic mass is 127. The van der Waals surface area contributed by atoms with E-state index in [9.17, 15) is 4.79 Å². The maximum absolute atomic E-state index is 11.9. The number of morpholine rings is 1. The molecule has 1 saturated carbocycles. The van der Waals surface area contributed by atoms with Gasteiger partial charge >= 0.3 is 0 Å². The third-order valence-corrected chi connectivity index (χ3v) is 5.04. The molecule has 0 aromatic heterocycles. The average molecular weight is 495 g/mol. The van der Waals surface area contributed by atoms with Gasteiger partial charge in [-0.25, -0.2) is 0 Å². The lowest BCUT2D eigenvalue weighted by molar-refractivity contribution is -0.121. The van der Waals surface area contributed by atoms with Crippen molar-refractivity contribution in [3.63, 3.8) is 0 Å². The molecule has 0 bridgehead atoms. The summed E-state index contributed by atoms with van der Waals surface area (Å²) in [6.45, 7) is 9.88. The van der Waals surface area contributed by atoms with E-state index < -0.39 is 0 Å². The molecule has 2 rings (SSSR count). The molecule has 0 aromatic rings. The van der Waals surface area contributed by atoms with Gasteiger partial charge in [0.25, 0.3) is 0 Å². The van der Waals surface area contributed by atoms with E-state index in [1.807, 2.05) is 0 Å². The smallest absolute Gasteiger partial charge is 0.220 e.